The first-order chi connectivity index (χ1) is 13.8. The van der Waals surface area contributed by atoms with Crippen molar-refractivity contribution in [3.63, 3.8) is 0 Å². The molecule has 154 valence electrons. The average Bonchev–Trinajstić information content (AvgIpc) is 2.69. The lowest BCUT2D eigenvalue weighted by molar-refractivity contribution is -0.145. The minimum absolute atomic E-state index is 0.0468. The number of benzene rings is 2. The molecule has 0 fully saturated rings. The van der Waals surface area contributed by atoms with Crippen LogP contribution >= 0.6 is 22.6 Å². The highest BCUT2D eigenvalue weighted by molar-refractivity contribution is 14.1. The Labute approximate surface area is 182 Å². The first-order valence-electron chi connectivity index (χ1n) is 8.94. The zero-order valence-electron chi connectivity index (χ0n) is 16.1. The fraction of sp³-hybridized carbons (Fsp3) is 0.286. The summed E-state index contributed by atoms with van der Waals surface area (Å²) < 4.78 is 19.8. The summed E-state index contributed by atoms with van der Waals surface area (Å²) in [6, 6.07) is 11.5. The van der Waals surface area contributed by atoms with E-state index in [0.29, 0.717) is 0 Å². The molecule has 2 aromatic rings. The maximum atomic E-state index is 14.0. The zero-order valence-corrected chi connectivity index (χ0v) is 18.2. The molecule has 0 aliphatic heterocycles. The van der Waals surface area contributed by atoms with Gasteiger partial charge >= 0.3 is 5.97 Å². The van der Waals surface area contributed by atoms with Crippen LogP contribution in [-0.4, -0.2) is 37.0 Å². The van der Waals surface area contributed by atoms with Crippen LogP contribution in [0.3, 0.4) is 0 Å². The summed E-state index contributed by atoms with van der Waals surface area (Å²) in [6.45, 7) is 1.27. The van der Waals surface area contributed by atoms with Crippen LogP contribution in [0, 0.1) is 9.39 Å². The summed E-state index contributed by atoms with van der Waals surface area (Å²) in [5, 5.41) is 5.16. The fourth-order valence-electron chi connectivity index (χ4n) is 2.83. The molecule has 0 saturated carbocycles. The first kappa shape index (κ1) is 22.8. The van der Waals surface area contributed by atoms with Gasteiger partial charge in [-0.15, -0.1) is 0 Å². The lowest BCUT2D eigenvalue weighted by Gasteiger charge is -2.22. The normalized spacial score (nSPS) is 12.6. The molecule has 0 aliphatic carbocycles. The number of hydrogen-bond acceptors (Lipinski definition) is 4. The van der Waals surface area contributed by atoms with Gasteiger partial charge in [-0.25, -0.2) is 9.18 Å². The Morgan fingerprint density at radius 2 is 1.55 bits per heavy atom. The van der Waals surface area contributed by atoms with E-state index in [1.165, 1.54) is 20.1 Å². The van der Waals surface area contributed by atoms with Gasteiger partial charge in [-0.1, -0.05) is 36.4 Å². The molecular weight excluding hydrogens is 490 g/mol. The zero-order chi connectivity index (χ0) is 21.4. The van der Waals surface area contributed by atoms with Gasteiger partial charge in [-0.05, 0) is 45.9 Å². The summed E-state index contributed by atoms with van der Waals surface area (Å²) in [5.41, 5.74) is 1.16. The molecule has 2 aromatic carbocycles. The number of amides is 2. The third-order valence-corrected chi connectivity index (χ3v) is 5.31. The Kier molecular flexibility index (Phi) is 8.56. The maximum Gasteiger partial charge on any atom is 0.328 e. The highest BCUT2D eigenvalue weighted by atomic mass is 127. The van der Waals surface area contributed by atoms with Crippen molar-refractivity contribution >= 4 is 40.4 Å². The molecule has 2 N–H and O–H groups in total. The number of methoxy groups -OCH3 is 1. The van der Waals surface area contributed by atoms with E-state index in [2.05, 4.69) is 33.2 Å². The molecule has 8 heteroatoms. The number of ether oxygens (including phenoxy) is 1. The van der Waals surface area contributed by atoms with E-state index in [9.17, 15) is 18.8 Å². The Balaban J connectivity index is 2.20. The van der Waals surface area contributed by atoms with Crippen molar-refractivity contribution in [1.82, 2.24) is 10.6 Å². The molecule has 2 amide bonds. The van der Waals surface area contributed by atoms with Crippen molar-refractivity contribution in [3.8, 4) is 0 Å². The topological polar surface area (TPSA) is 84.5 Å². The van der Waals surface area contributed by atoms with E-state index < -0.39 is 35.7 Å². The molecule has 2 rings (SSSR count). The van der Waals surface area contributed by atoms with Crippen LogP contribution < -0.4 is 10.6 Å². The molecule has 0 spiro atoms. The molecule has 0 bridgehead atoms. The third-order valence-electron chi connectivity index (χ3n) is 4.26. The minimum Gasteiger partial charge on any atom is -0.467 e. The van der Waals surface area contributed by atoms with Gasteiger partial charge in [0.05, 0.1) is 7.11 Å². The lowest BCUT2D eigenvalue weighted by atomic mass is 10.0. The fourth-order valence-corrected chi connectivity index (χ4v) is 3.44. The number of nitrogens with one attached hydrogen (secondary N) is 2. The van der Waals surface area contributed by atoms with Crippen LogP contribution in [0.5, 0.6) is 0 Å². The number of hydrogen-bond donors (Lipinski definition) is 2. The minimum atomic E-state index is -1.04. The third kappa shape index (κ3) is 6.81. The second kappa shape index (κ2) is 10.9. The molecule has 2 atom stereocenters. The standard InChI is InChI=1S/C21H22FIN2O4/c1-13(26)24-18(11-14-7-3-5-9-16(14)22)20(27)25-19(21(28)29-2)12-15-8-4-6-10-17(15)23/h3-10,18-19H,11-12H2,1-2H3,(H,24,26)(H,25,27)/t18-,19+/m1/s1. The van der Waals surface area contributed by atoms with Crippen LogP contribution in [0.4, 0.5) is 4.39 Å². The maximum absolute atomic E-state index is 14.0. The molecule has 0 aliphatic rings. The van der Waals surface area contributed by atoms with Gasteiger partial charge in [0.2, 0.25) is 11.8 Å². The van der Waals surface area contributed by atoms with Gasteiger partial charge in [0.15, 0.2) is 0 Å². The summed E-state index contributed by atoms with van der Waals surface area (Å²) in [5.74, 6) is -2.11. The monoisotopic (exact) mass is 512 g/mol. The molecule has 0 heterocycles. The van der Waals surface area contributed by atoms with Crippen molar-refractivity contribution in [3.05, 3.63) is 69.0 Å². The summed E-state index contributed by atoms with van der Waals surface area (Å²) in [4.78, 5) is 36.6. The van der Waals surface area contributed by atoms with Crippen molar-refractivity contribution in [1.29, 1.82) is 0 Å². The van der Waals surface area contributed by atoms with Gasteiger partial charge in [0.25, 0.3) is 0 Å². The summed E-state index contributed by atoms with van der Waals surface area (Å²) in [6.07, 6.45) is 0.179. The van der Waals surface area contributed by atoms with Crippen LogP contribution in [0.2, 0.25) is 0 Å². The van der Waals surface area contributed by atoms with Crippen molar-refractivity contribution < 1.29 is 23.5 Å². The quantitative estimate of drug-likeness (QED) is 0.421. The SMILES string of the molecule is COC(=O)[C@H](Cc1ccccc1I)NC(=O)[C@@H](Cc1ccccc1F)NC(C)=O. The van der Waals surface area contributed by atoms with Gasteiger partial charge in [0, 0.05) is 23.3 Å². The highest BCUT2D eigenvalue weighted by Crippen LogP contribution is 2.15. The van der Waals surface area contributed by atoms with Crippen LogP contribution in [-0.2, 0) is 32.0 Å². The van der Waals surface area contributed by atoms with Crippen molar-refractivity contribution in [2.75, 3.05) is 7.11 Å². The Morgan fingerprint density at radius 1 is 0.966 bits per heavy atom. The number of carbonyl (C=O) groups excluding carboxylic acids is 3. The van der Waals surface area contributed by atoms with E-state index >= 15 is 0 Å². The number of halogens is 2. The molecule has 0 radical (unpaired) electrons. The second-order valence-corrected chi connectivity index (χ2v) is 7.59. The first-order valence-corrected chi connectivity index (χ1v) is 10.0. The number of rotatable bonds is 8. The molecular formula is C21H22FIN2O4. The smallest absolute Gasteiger partial charge is 0.328 e. The van der Waals surface area contributed by atoms with E-state index in [4.69, 9.17) is 4.74 Å². The average molecular weight is 512 g/mol. The lowest BCUT2D eigenvalue weighted by Crippen LogP contribution is -2.53. The van der Waals surface area contributed by atoms with E-state index in [1.54, 1.807) is 18.2 Å². The van der Waals surface area contributed by atoms with Gasteiger partial charge in [-0.2, -0.15) is 0 Å². The molecule has 0 aromatic heterocycles. The van der Waals surface area contributed by atoms with Gasteiger partial charge in [0.1, 0.15) is 17.9 Å². The Hall–Kier alpha value is -2.49. The van der Waals surface area contributed by atoms with Gasteiger partial charge in [-0.3, -0.25) is 9.59 Å². The molecule has 0 unspecified atom stereocenters. The number of esters is 1. The van der Waals surface area contributed by atoms with Crippen molar-refractivity contribution in [2.24, 2.45) is 0 Å². The summed E-state index contributed by atoms with van der Waals surface area (Å²) >= 11 is 2.15. The number of carbonyl (C=O) groups is 3. The molecule has 0 saturated heterocycles. The van der Waals surface area contributed by atoms with Crippen molar-refractivity contribution in [2.45, 2.75) is 31.8 Å². The van der Waals surface area contributed by atoms with Crippen LogP contribution in [0.25, 0.3) is 0 Å². The predicted octanol–water partition coefficient (Wildman–Crippen LogP) is 2.38. The molecule has 29 heavy (non-hydrogen) atoms. The van der Waals surface area contributed by atoms with Crippen LogP contribution in [0.15, 0.2) is 48.5 Å². The van der Waals surface area contributed by atoms with E-state index in [0.717, 1.165) is 9.13 Å². The van der Waals surface area contributed by atoms with E-state index in [-0.39, 0.29) is 18.4 Å². The second-order valence-electron chi connectivity index (χ2n) is 6.43. The van der Waals surface area contributed by atoms with Gasteiger partial charge < -0.3 is 15.4 Å². The Bertz CT molecular complexity index is 890. The summed E-state index contributed by atoms with van der Waals surface area (Å²) in [7, 11) is 1.24. The Morgan fingerprint density at radius 3 is 2.14 bits per heavy atom. The predicted molar refractivity (Wildman–Crippen MR) is 115 cm³/mol. The largest absolute Gasteiger partial charge is 0.467 e. The highest BCUT2D eigenvalue weighted by Gasteiger charge is 2.28. The molecule has 6 nitrogen and oxygen atoms in total. The van der Waals surface area contributed by atoms with Crippen LogP contribution in [0.1, 0.15) is 18.1 Å². The van der Waals surface area contributed by atoms with E-state index in [1.807, 2.05) is 24.3 Å².